The Kier molecular flexibility index (Phi) is 6.38. The van der Waals surface area contributed by atoms with Gasteiger partial charge >= 0.3 is 0 Å². The molecule has 5 heteroatoms. The average molecular weight is 408 g/mol. The maximum atomic E-state index is 13.2. The molecule has 0 bridgehead atoms. The molecule has 0 radical (unpaired) electrons. The zero-order valence-electron chi connectivity index (χ0n) is 17.5. The zero-order chi connectivity index (χ0) is 20.9. The predicted octanol–water partition coefficient (Wildman–Crippen LogP) is 4.66. The Labute approximate surface area is 176 Å². The van der Waals surface area contributed by atoms with Crippen LogP contribution >= 0.6 is 0 Å². The van der Waals surface area contributed by atoms with Crippen LogP contribution in [0.25, 0.3) is 10.8 Å². The van der Waals surface area contributed by atoms with Gasteiger partial charge in [0.15, 0.2) is 0 Å². The largest absolute Gasteiger partial charge is 0.491 e. The van der Waals surface area contributed by atoms with E-state index in [-0.39, 0.29) is 12.2 Å². The van der Waals surface area contributed by atoms with Gasteiger partial charge in [-0.2, -0.15) is 0 Å². The van der Waals surface area contributed by atoms with Gasteiger partial charge in [0.25, 0.3) is 5.56 Å². The lowest BCUT2D eigenvalue weighted by Gasteiger charge is -2.19. The predicted molar refractivity (Wildman–Crippen MR) is 118 cm³/mol. The van der Waals surface area contributed by atoms with E-state index in [4.69, 9.17) is 9.47 Å². The molecular formula is C25H29NO4. The Balaban J connectivity index is 1.73. The lowest BCUT2D eigenvalue weighted by atomic mass is 10.1. The number of aromatic nitrogens is 1. The van der Waals surface area contributed by atoms with Gasteiger partial charge in [0.1, 0.15) is 18.1 Å². The number of aliphatic hydroxyl groups excluding tert-OH is 1. The van der Waals surface area contributed by atoms with Crippen LogP contribution in [0.3, 0.4) is 0 Å². The van der Waals surface area contributed by atoms with Crippen molar-refractivity contribution >= 4 is 10.8 Å². The monoisotopic (exact) mass is 407 g/mol. The van der Waals surface area contributed by atoms with Crippen LogP contribution < -0.4 is 15.0 Å². The zero-order valence-corrected chi connectivity index (χ0v) is 17.5. The fourth-order valence-electron chi connectivity index (χ4n) is 3.66. The van der Waals surface area contributed by atoms with Crippen molar-refractivity contribution in [3.05, 3.63) is 70.1 Å². The molecule has 0 saturated heterocycles. The highest BCUT2D eigenvalue weighted by molar-refractivity contribution is 5.89. The molecule has 4 rings (SSSR count). The summed E-state index contributed by atoms with van der Waals surface area (Å²) in [6, 6.07) is 15.5. The van der Waals surface area contributed by atoms with Crippen molar-refractivity contribution in [2.45, 2.75) is 52.4 Å². The van der Waals surface area contributed by atoms with E-state index in [2.05, 4.69) is 6.92 Å². The van der Waals surface area contributed by atoms with Gasteiger partial charge in [0.2, 0.25) is 0 Å². The van der Waals surface area contributed by atoms with Crippen molar-refractivity contribution in [3.63, 3.8) is 0 Å². The van der Waals surface area contributed by atoms with Gasteiger partial charge in [-0.3, -0.25) is 4.79 Å². The second-order valence-electron chi connectivity index (χ2n) is 7.98. The lowest BCUT2D eigenvalue weighted by molar-refractivity contribution is 0.247. The average Bonchev–Trinajstić information content (AvgIpc) is 3.60. The van der Waals surface area contributed by atoms with E-state index < -0.39 is 0 Å². The summed E-state index contributed by atoms with van der Waals surface area (Å²) in [6.07, 6.45) is 4.19. The fraction of sp³-hybridized carbons (Fsp3) is 0.400. The number of hydrogen-bond acceptors (Lipinski definition) is 4. The second-order valence-corrected chi connectivity index (χ2v) is 7.98. The molecule has 0 atom stereocenters. The Morgan fingerprint density at radius 2 is 1.87 bits per heavy atom. The van der Waals surface area contributed by atoms with E-state index in [0.29, 0.717) is 53.6 Å². The van der Waals surface area contributed by atoms with E-state index in [1.165, 1.54) is 0 Å². The van der Waals surface area contributed by atoms with Gasteiger partial charge in [-0.05, 0) is 48.9 Å². The van der Waals surface area contributed by atoms with E-state index in [9.17, 15) is 9.90 Å². The summed E-state index contributed by atoms with van der Waals surface area (Å²) in [6.45, 7) is 3.52. The number of ether oxygens (including phenoxy) is 2. The number of benzene rings is 2. The molecule has 5 nitrogen and oxygen atoms in total. The van der Waals surface area contributed by atoms with Crippen LogP contribution in [0.4, 0.5) is 0 Å². The van der Waals surface area contributed by atoms with Crippen LogP contribution in [-0.2, 0) is 19.8 Å². The molecule has 3 aromatic rings. The number of pyridine rings is 1. The Morgan fingerprint density at radius 3 is 2.57 bits per heavy atom. The smallest absolute Gasteiger partial charge is 0.258 e. The van der Waals surface area contributed by atoms with Crippen molar-refractivity contribution in [1.82, 2.24) is 4.57 Å². The quantitative estimate of drug-likeness (QED) is 0.497. The molecule has 1 aliphatic rings. The molecule has 0 spiro atoms. The minimum atomic E-state index is -0.228. The maximum Gasteiger partial charge on any atom is 0.258 e. The van der Waals surface area contributed by atoms with Crippen molar-refractivity contribution in [3.8, 4) is 11.5 Å². The molecule has 2 aromatic carbocycles. The lowest BCUT2D eigenvalue weighted by Crippen LogP contribution is -2.26. The minimum Gasteiger partial charge on any atom is -0.491 e. The molecule has 0 aliphatic heterocycles. The van der Waals surface area contributed by atoms with Crippen LogP contribution in [0.2, 0.25) is 0 Å². The highest BCUT2D eigenvalue weighted by Crippen LogP contribution is 2.35. The standard InChI is InChI=1S/C25H29NO4/c1-2-3-13-29-24-22-14-20(30-17-19-7-5-4-6-8-19)11-12-21(22)25(28)26(23(24)16-27)15-18-9-10-18/h4-8,11-12,14,18,27H,2-3,9-10,13,15-17H2,1H3. The molecule has 158 valence electrons. The minimum absolute atomic E-state index is 0.0709. The van der Waals surface area contributed by atoms with Crippen molar-refractivity contribution in [2.75, 3.05) is 6.61 Å². The molecule has 0 unspecified atom stereocenters. The van der Waals surface area contributed by atoms with Crippen LogP contribution in [0, 0.1) is 5.92 Å². The first kappa shape index (κ1) is 20.5. The van der Waals surface area contributed by atoms with Crippen molar-refractivity contribution in [2.24, 2.45) is 5.92 Å². The summed E-state index contributed by atoms with van der Waals surface area (Å²) in [5, 5.41) is 11.4. The van der Waals surface area contributed by atoms with Crippen LogP contribution in [0.1, 0.15) is 43.9 Å². The first-order valence-electron chi connectivity index (χ1n) is 10.8. The van der Waals surface area contributed by atoms with Gasteiger partial charge in [-0.1, -0.05) is 43.7 Å². The van der Waals surface area contributed by atoms with Crippen LogP contribution in [0.15, 0.2) is 53.3 Å². The third kappa shape index (κ3) is 4.51. The van der Waals surface area contributed by atoms with Crippen molar-refractivity contribution in [1.29, 1.82) is 0 Å². The molecule has 30 heavy (non-hydrogen) atoms. The number of rotatable bonds is 10. The molecule has 1 aromatic heterocycles. The van der Waals surface area contributed by atoms with Gasteiger partial charge in [0.05, 0.1) is 24.3 Å². The third-order valence-corrected chi connectivity index (χ3v) is 5.58. The summed E-state index contributed by atoms with van der Waals surface area (Å²) in [7, 11) is 0. The SMILES string of the molecule is CCCCOc1c(CO)n(CC2CC2)c(=O)c2ccc(OCc3ccccc3)cc12. The number of fused-ring (bicyclic) bond motifs is 1. The highest BCUT2D eigenvalue weighted by Gasteiger charge is 2.26. The van der Waals surface area contributed by atoms with Gasteiger partial charge < -0.3 is 19.1 Å². The molecule has 1 fully saturated rings. The fourth-order valence-corrected chi connectivity index (χ4v) is 3.66. The Bertz CT molecular complexity index is 1050. The van der Waals surface area contributed by atoms with Gasteiger partial charge in [-0.25, -0.2) is 0 Å². The maximum absolute atomic E-state index is 13.2. The summed E-state index contributed by atoms with van der Waals surface area (Å²) >= 11 is 0. The normalized spacial score (nSPS) is 13.5. The molecule has 1 heterocycles. The molecule has 1 N–H and O–H groups in total. The summed E-state index contributed by atoms with van der Waals surface area (Å²) in [4.78, 5) is 13.2. The number of nitrogens with zero attached hydrogens (tertiary/aromatic N) is 1. The van der Waals surface area contributed by atoms with Crippen LogP contribution in [0.5, 0.6) is 11.5 Å². The van der Waals surface area contributed by atoms with Gasteiger partial charge in [0, 0.05) is 11.9 Å². The molecular weight excluding hydrogens is 378 g/mol. The Hall–Kier alpha value is -2.79. The van der Waals surface area contributed by atoms with Crippen molar-refractivity contribution < 1.29 is 14.6 Å². The Morgan fingerprint density at radius 1 is 1.07 bits per heavy atom. The molecule has 1 saturated carbocycles. The second kappa shape index (κ2) is 9.35. The molecule has 1 aliphatic carbocycles. The topological polar surface area (TPSA) is 60.7 Å². The van der Waals surface area contributed by atoms with E-state index in [0.717, 1.165) is 31.2 Å². The highest BCUT2D eigenvalue weighted by atomic mass is 16.5. The summed E-state index contributed by atoms with van der Waals surface area (Å²) < 4.78 is 13.8. The summed E-state index contributed by atoms with van der Waals surface area (Å²) in [5.41, 5.74) is 1.57. The number of hydrogen-bond donors (Lipinski definition) is 1. The van der Waals surface area contributed by atoms with Crippen LogP contribution in [-0.4, -0.2) is 16.3 Å². The van der Waals surface area contributed by atoms with E-state index >= 15 is 0 Å². The van der Waals surface area contributed by atoms with E-state index in [1.807, 2.05) is 48.5 Å². The van der Waals surface area contributed by atoms with E-state index in [1.54, 1.807) is 4.57 Å². The summed E-state index contributed by atoms with van der Waals surface area (Å²) in [5.74, 6) is 1.80. The number of unbranched alkanes of at least 4 members (excludes halogenated alkanes) is 1. The molecule has 0 amide bonds. The third-order valence-electron chi connectivity index (χ3n) is 5.58. The first-order chi connectivity index (χ1) is 14.7. The number of aliphatic hydroxyl groups is 1. The van der Waals surface area contributed by atoms with Gasteiger partial charge in [-0.15, -0.1) is 0 Å². The first-order valence-corrected chi connectivity index (χ1v) is 10.8.